The third kappa shape index (κ3) is 3.06. The number of carbonyl (C=O) groups is 2. The van der Waals surface area contributed by atoms with Crippen molar-refractivity contribution in [3.05, 3.63) is 48.4 Å². The van der Waals surface area contributed by atoms with E-state index in [0.717, 1.165) is 16.6 Å². The first-order valence-corrected chi connectivity index (χ1v) is 7.50. The van der Waals surface area contributed by atoms with E-state index in [2.05, 4.69) is 21.9 Å². The van der Waals surface area contributed by atoms with E-state index in [4.69, 9.17) is 0 Å². The van der Waals surface area contributed by atoms with E-state index in [1.165, 1.54) is 6.08 Å². The molecule has 0 bridgehead atoms. The highest BCUT2D eigenvalue weighted by Crippen LogP contribution is 2.17. The Kier molecular flexibility index (Phi) is 4.06. The van der Waals surface area contributed by atoms with Crippen LogP contribution in [0, 0.1) is 12.8 Å². The number of benzene rings is 1. The molecule has 0 atom stereocenters. The van der Waals surface area contributed by atoms with Crippen LogP contribution in [0.1, 0.15) is 11.5 Å². The predicted octanol–water partition coefficient (Wildman–Crippen LogP) is 1.20. The number of nitrogens with one attached hydrogen (secondary N) is 1. The average molecular weight is 310 g/mol. The maximum atomic E-state index is 12.1. The van der Waals surface area contributed by atoms with Crippen LogP contribution >= 0.6 is 0 Å². The molecule has 1 aliphatic heterocycles. The minimum absolute atomic E-state index is 0.0764. The number of hydrogen-bond donors (Lipinski definition) is 1. The lowest BCUT2D eigenvalue weighted by molar-refractivity contribution is -0.139. The molecule has 2 amide bonds. The van der Waals surface area contributed by atoms with Crippen molar-refractivity contribution < 1.29 is 9.59 Å². The second kappa shape index (κ2) is 6.16. The number of aromatic nitrogens is 2. The molecule has 118 valence electrons. The van der Waals surface area contributed by atoms with Gasteiger partial charge in [0.15, 0.2) is 0 Å². The Morgan fingerprint density at radius 2 is 2.09 bits per heavy atom. The van der Waals surface area contributed by atoms with E-state index in [1.54, 1.807) is 4.90 Å². The van der Waals surface area contributed by atoms with Gasteiger partial charge in [-0.15, -0.1) is 0 Å². The number of para-hydroxylation sites is 1. The van der Waals surface area contributed by atoms with Gasteiger partial charge in [0, 0.05) is 24.2 Å². The monoisotopic (exact) mass is 310 g/mol. The van der Waals surface area contributed by atoms with Crippen molar-refractivity contribution in [2.45, 2.75) is 13.5 Å². The first-order chi connectivity index (χ1) is 11.1. The molecule has 6 nitrogen and oxygen atoms in total. The third-order valence-corrected chi connectivity index (χ3v) is 4.00. The Hall–Kier alpha value is -2.76. The first-order valence-electron chi connectivity index (χ1n) is 7.50. The van der Waals surface area contributed by atoms with E-state index in [9.17, 15) is 9.59 Å². The molecular weight excluding hydrogens is 292 g/mol. The Balaban J connectivity index is 1.60. The predicted molar refractivity (Wildman–Crippen MR) is 86.4 cm³/mol. The summed E-state index contributed by atoms with van der Waals surface area (Å²) < 4.78 is 0. The van der Waals surface area contributed by atoms with E-state index >= 15 is 0 Å². The topological polar surface area (TPSA) is 75.2 Å². The molecule has 0 aliphatic carbocycles. The zero-order valence-corrected chi connectivity index (χ0v) is 13.0. The summed E-state index contributed by atoms with van der Waals surface area (Å²) in [7, 11) is 0. The first kappa shape index (κ1) is 15.1. The van der Waals surface area contributed by atoms with Crippen LogP contribution < -0.4 is 5.32 Å². The largest absolute Gasteiger partial charge is 0.348 e. The lowest BCUT2D eigenvalue weighted by atomic mass is 9.99. The summed E-state index contributed by atoms with van der Waals surface area (Å²) in [5.41, 5.74) is 1.77. The Morgan fingerprint density at radius 3 is 2.83 bits per heavy atom. The lowest BCUT2D eigenvalue weighted by Gasteiger charge is -2.37. The molecule has 0 saturated carbocycles. The summed E-state index contributed by atoms with van der Waals surface area (Å²) in [6.45, 7) is 6.53. The summed E-state index contributed by atoms with van der Waals surface area (Å²) in [4.78, 5) is 33.9. The van der Waals surface area contributed by atoms with Crippen LogP contribution in [0.5, 0.6) is 0 Å². The molecule has 6 heteroatoms. The zero-order valence-electron chi connectivity index (χ0n) is 13.0. The van der Waals surface area contributed by atoms with E-state index in [-0.39, 0.29) is 24.3 Å². The van der Waals surface area contributed by atoms with Crippen LogP contribution in [0.15, 0.2) is 36.9 Å². The van der Waals surface area contributed by atoms with Crippen molar-refractivity contribution in [3.63, 3.8) is 0 Å². The van der Waals surface area contributed by atoms with Gasteiger partial charge in [-0.25, -0.2) is 9.97 Å². The number of likely N-dealkylation sites (tertiary alicyclic amines) is 1. The molecule has 1 aromatic heterocycles. The van der Waals surface area contributed by atoms with Crippen LogP contribution in [0.3, 0.4) is 0 Å². The fourth-order valence-electron chi connectivity index (χ4n) is 2.64. The van der Waals surface area contributed by atoms with Crippen LogP contribution in [0.2, 0.25) is 0 Å². The molecule has 0 spiro atoms. The van der Waals surface area contributed by atoms with Crippen molar-refractivity contribution in [2.75, 3.05) is 13.1 Å². The Labute approximate surface area is 134 Å². The highest BCUT2D eigenvalue weighted by molar-refractivity contribution is 5.90. The number of nitrogens with zero attached hydrogens (tertiary/aromatic N) is 3. The van der Waals surface area contributed by atoms with Gasteiger partial charge in [0.1, 0.15) is 5.82 Å². The van der Waals surface area contributed by atoms with Crippen molar-refractivity contribution in [1.82, 2.24) is 20.2 Å². The highest BCUT2D eigenvalue weighted by Gasteiger charge is 2.34. The molecule has 1 aromatic carbocycles. The third-order valence-electron chi connectivity index (χ3n) is 4.00. The molecule has 2 heterocycles. The van der Waals surface area contributed by atoms with Gasteiger partial charge < -0.3 is 10.2 Å². The minimum atomic E-state index is -0.166. The summed E-state index contributed by atoms with van der Waals surface area (Å²) >= 11 is 0. The standard InChI is InChI=1S/C17H18N4O2/c1-3-16(22)21-9-12(10-21)17(23)18-8-15-19-11(2)13-6-4-5-7-14(13)20-15/h3-7,12H,1,8-10H2,2H3,(H,18,23). The number of amides is 2. The lowest BCUT2D eigenvalue weighted by Crippen LogP contribution is -2.55. The molecule has 2 aromatic rings. The van der Waals surface area contributed by atoms with Crippen LogP contribution in [0.4, 0.5) is 0 Å². The Bertz CT molecular complexity index is 781. The van der Waals surface area contributed by atoms with Gasteiger partial charge in [-0.1, -0.05) is 24.8 Å². The number of carbonyl (C=O) groups excluding carboxylic acids is 2. The van der Waals surface area contributed by atoms with Gasteiger partial charge in [0.2, 0.25) is 11.8 Å². The van der Waals surface area contributed by atoms with E-state index in [1.807, 2.05) is 31.2 Å². The number of aryl methyl sites for hydroxylation is 1. The molecule has 1 aliphatic rings. The van der Waals surface area contributed by atoms with Gasteiger partial charge in [0.25, 0.3) is 0 Å². The van der Waals surface area contributed by atoms with Gasteiger partial charge in [0.05, 0.1) is 18.0 Å². The maximum Gasteiger partial charge on any atom is 0.246 e. The fraction of sp³-hybridized carbons (Fsp3) is 0.294. The minimum Gasteiger partial charge on any atom is -0.348 e. The second-order valence-electron chi connectivity index (χ2n) is 5.60. The number of fused-ring (bicyclic) bond motifs is 1. The van der Waals surface area contributed by atoms with Crippen molar-refractivity contribution in [1.29, 1.82) is 0 Å². The second-order valence-corrected chi connectivity index (χ2v) is 5.60. The normalized spacial score (nSPS) is 14.4. The summed E-state index contributed by atoms with van der Waals surface area (Å²) in [6.07, 6.45) is 1.26. The maximum absolute atomic E-state index is 12.1. The summed E-state index contributed by atoms with van der Waals surface area (Å²) in [5, 5.41) is 3.86. The van der Waals surface area contributed by atoms with Gasteiger partial charge in [-0.05, 0) is 19.1 Å². The molecule has 1 N–H and O–H groups in total. The number of hydrogen-bond acceptors (Lipinski definition) is 4. The van der Waals surface area contributed by atoms with Crippen molar-refractivity contribution in [3.8, 4) is 0 Å². The van der Waals surface area contributed by atoms with Gasteiger partial charge in [-0.2, -0.15) is 0 Å². The Morgan fingerprint density at radius 1 is 1.35 bits per heavy atom. The van der Waals surface area contributed by atoms with Crippen LogP contribution in [0.25, 0.3) is 10.9 Å². The molecule has 1 fully saturated rings. The zero-order chi connectivity index (χ0) is 16.4. The number of rotatable bonds is 4. The van der Waals surface area contributed by atoms with Crippen molar-refractivity contribution >= 4 is 22.7 Å². The summed E-state index contributed by atoms with van der Waals surface area (Å²) in [6, 6.07) is 7.79. The molecule has 1 saturated heterocycles. The van der Waals surface area contributed by atoms with Crippen LogP contribution in [-0.4, -0.2) is 39.8 Å². The molecule has 23 heavy (non-hydrogen) atoms. The highest BCUT2D eigenvalue weighted by atomic mass is 16.2. The molecular formula is C17H18N4O2. The summed E-state index contributed by atoms with van der Waals surface area (Å²) in [5.74, 6) is 0.211. The fourth-order valence-corrected chi connectivity index (χ4v) is 2.64. The van der Waals surface area contributed by atoms with E-state index in [0.29, 0.717) is 18.9 Å². The van der Waals surface area contributed by atoms with Crippen molar-refractivity contribution in [2.24, 2.45) is 5.92 Å². The molecule has 0 radical (unpaired) electrons. The van der Waals surface area contributed by atoms with Gasteiger partial charge in [-0.3, -0.25) is 9.59 Å². The molecule has 3 rings (SSSR count). The quantitative estimate of drug-likeness (QED) is 0.861. The molecule has 0 unspecified atom stereocenters. The average Bonchev–Trinajstić information content (AvgIpc) is 2.51. The van der Waals surface area contributed by atoms with Gasteiger partial charge >= 0.3 is 0 Å². The van der Waals surface area contributed by atoms with Crippen LogP contribution in [-0.2, 0) is 16.1 Å². The SMILES string of the molecule is C=CC(=O)N1CC(C(=O)NCc2nc(C)c3ccccc3n2)C1. The van der Waals surface area contributed by atoms with E-state index < -0.39 is 0 Å². The smallest absolute Gasteiger partial charge is 0.246 e.